The van der Waals surface area contributed by atoms with Crippen molar-refractivity contribution in [1.82, 2.24) is 5.01 Å². The molecule has 0 saturated carbocycles. The Hall–Kier alpha value is -2.35. The van der Waals surface area contributed by atoms with Gasteiger partial charge in [-0.25, -0.2) is 9.80 Å². The number of rotatable bonds is 2. The lowest BCUT2D eigenvalue weighted by molar-refractivity contribution is 0.198. The fourth-order valence-corrected chi connectivity index (χ4v) is 1.82. The molecule has 1 N–H and O–H groups in total. The van der Waals surface area contributed by atoms with Crippen molar-refractivity contribution in [2.75, 3.05) is 5.32 Å². The fraction of sp³-hybridized carbons (Fsp3) is 0.308. The summed E-state index contributed by atoms with van der Waals surface area (Å²) in [5.74, 6) is 0. The molecule has 1 heterocycles. The second kappa shape index (κ2) is 5.32. The lowest BCUT2D eigenvalue weighted by Gasteiger charge is -2.20. The predicted octanol–water partition coefficient (Wildman–Crippen LogP) is 2.56. The van der Waals surface area contributed by atoms with Gasteiger partial charge in [0.1, 0.15) is 0 Å². The van der Waals surface area contributed by atoms with Crippen LogP contribution in [0.3, 0.4) is 0 Å². The van der Waals surface area contributed by atoms with E-state index in [0.29, 0.717) is 11.3 Å². The van der Waals surface area contributed by atoms with E-state index in [1.807, 2.05) is 13.0 Å². The summed E-state index contributed by atoms with van der Waals surface area (Å²) in [6, 6.07) is 8.68. The first-order valence-corrected chi connectivity index (χ1v) is 5.87. The molecule has 0 spiro atoms. The van der Waals surface area contributed by atoms with Gasteiger partial charge in [-0.2, -0.15) is 10.4 Å². The molecule has 0 radical (unpaired) electrons. The number of nitrogens with one attached hydrogen (secondary N) is 1. The lowest BCUT2D eigenvalue weighted by atomic mass is 10.2. The molecule has 0 bridgehead atoms. The Labute approximate surface area is 106 Å². The van der Waals surface area contributed by atoms with Gasteiger partial charge in [0, 0.05) is 18.3 Å². The number of anilines is 1. The maximum absolute atomic E-state index is 12.0. The molecular formula is C13H14N4O. The van der Waals surface area contributed by atoms with Crippen LogP contribution in [0.2, 0.25) is 0 Å². The molecule has 2 amide bonds. The number of hydrazone groups is 1. The Balaban J connectivity index is 2.02. The van der Waals surface area contributed by atoms with Gasteiger partial charge < -0.3 is 5.32 Å². The van der Waals surface area contributed by atoms with Gasteiger partial charge in [-0.05, 0) is 30.7 Å². The van der Waals surface area contributed by atoms with E-state index in [9.17, 15) is 4.79 Å². The van der Waals surface area contributed by atoms with Crippen LogP contribution in [-0.4, -0.2) is 23.3 Å². The molecule has 0 aliphatic carbocycles. The first kappa shape index (κ1) is 12.1. The molecule has 1 atom stereocenters. The average molecular weight is 242 g/mol. The van der Waals surface area contributed by atoms with Crippen LogP contribution in [0.1, 0.15) is 25.3 Å². The van der Waals surface area contributed by atoms with Crippen molar-refractivity contribution in [3.63, 3.8) is 0 Å². The third kappa shape index (κ3) is 2.48. The quantitative estimate of drug-likeness (QED) is 0.865. The fourth-order valence-electron chi connectivity index (χ4n) is 1.82. The van der Waals surface area contributed by atoms with Gasteiger partial charge in [-0.1, -0.05) is 6.92 Å². The highest BCUT2D eigenvalue weighted by Gasteiger charge is 2.24. The van der Waals surface area contributed by atoms with Crippen LogP contribution < -0.4 is 5.32 Å². The molecule has 0 fully saturated rings. The number of hydrogen-bond acceptors (Lipinski definition) is 3. The van der Waals surface area contributed by atoms with Crippen LogP contribution >= 0.6 is 0 Å². The molecule has 0 aromatic heterocycles. The van der Waals surface area contributed by atoms with E-state index in [2.05, 4.69) is 10.4 Å². The predicted molar refractivity (Wildman–Crippen MR) is 69.2 cm³/mol. The number of urea groups is 1. The van der Waals surface area contributed by atoms with Crippen molar-refractivity contribution in [2.45, 2.75) is 25.8 Å². The second-order valence-corrected chi connectivity index (χ2v) is 4.06. The highest BCUT2D eigenvalue weighted by molar-refractivity contribution is 5.90. The van der Waals surface area contributed by atoms with Gasteiger partial charge in [0.15, 0.2) is 0 Å². The van der Waals surface area contributed by atoms with E-state index in [-0.39, 0.29) is 12.1 Å². The summed E-state index contributed by atoms with van der Waals surface area (Å²) in [4.78, 5) is 12.0. The summed E-state index contributed by atoms with van der Waals surface area (Å²) >= 11 is 0. The van der Waals surface area contributed by atoms with E-state index < -0.39 is 0 Å². The molecule has 0 saturated heterocycles. The van der Waals surface area contributed by atoms with Crippen LogP contribution in [0.5, 0.6) is 0 Å². The highest BCUT2D eigenvalue weighted by atomic mass is 16.2. The van der Waals surface area contributed by atoms with Crippen LogP contribution in [0.25, 0.3) is 0 Å². The summed E-state index contributed by atoms with van der Waals surface area (Å²) in [7, 11) is 0. The van der Waals surface area contributed by atoms with E-state index in [1.165, 1.54) is 5.01 Å². The van der Waals surface area contributed by atoms with Gasteiger partial charge in [-0.15, -0.1) is 0 Å². The van der Waals surface area contributed by atoms with Crippen molar-refractivity contribution in [2.24, 2.45) is 5.10 Å². The Bertz CT molecular complexity index is 501. The first-order valence-electron chi connectivity index (χ1n) is 5.87. The summed E-state index contributed by atoms with van der Waals surface area (Å²) < 4.78 is 0. The molecule has 2 rings (SSSR count). The first-order chi connectivity index (χ1) is 8.74. The van der Waals surface area contributed by atoms with Gasteiger partial charge in [-0.3, -0.25) is 0 Å². The minimum atomic E-state index is -0.236. The minimum absolute atomic E-state index is 0.142. The minimum Gasteiger partial charge on any atom is -0.306 e. The number of carbonyl (C=O) groups is 1. The summed E-state index contributed by atoms with van der Waals surface area (Å²) in [5, 5.41) is 17.0. The maximum Gasteiger partial charge on any atom is 0.342 e. The Morgan fingerprint density at radius 2 is 2.28 bits per heavy atom. The molecule has 1 aromatic carbocycles. The lowest BCUT2D eigenvalue weighted by Crippen LogP contribution is -2.35. The topological polar surface area (TPSA) is 68.5 Å². The van der Waals surface area contributed by atoms with Gasteiger partial charge >= 0.3 is 6.03 Å². The van der Waals surface area contributed by atoms with Crippen molar-refractivity contribution in [3.8, 4) is 6.07 Å². The normalized spacial score (nSPS) is 17.6. The molecule has 18 heavy (non-hydrogen) atoms. The standard InChI is InChI=1S/C13H14N4O/c1-2-12-7-8-15-17(12)13(18)16-11-5-3-10(9-14)4-6-11/h3-6,8,12H,2,7H2,1H3,(H,16,18). The zero-order valence-corrected chi connectivity index (χ0v) is 10.1. The van der Waals surface area contributed by atoms with Crippen LogP contribution in [0, 0.1) is 11.3 Å². The zero-order valence-electron chi connectivity index (χ0n) is 10.1. The molecule has 1 aliphatic heterocycles. The van der Waals surface area contributed by atoms with Gasteiger partial charge in [0.25, 0.3) is 0 Å². The zero-order chi connectivity index (χ0) is 13.0. The van der Waals surface area contributed by atoms with Crippen molar-refractivity contribution in [1.29, 1.82) is 5.26 Å². The summed E-state index contributed by atoms with van der Waals surface area (Å²) in [6.45, 7) is 2.03. The van der Waals surface area contributed by atoms with Crippen molar-refractivity contribution >= 4 is 17.9 Å². The van der Waals surface area contributed by atoms with E-state index in [1.54, 1.807) is 30.5 Å². The molecule has 92 valence electrons. The summed E-state index contributed by atoms with van der Waals surface area (Å²) in [6.07, 6.45) is 3.44. The van der Waals surface area contributed by atoms with Crippen molar-refractivity contribution in [3.05, 3.63) is 29.8 Å². The molecule has 1 aromatic rings. The third-order valence-electron chi connectivity index (χ3n) is 2.87. The summed E-state index contributed by atoms with van der Waals surface area (Å²) in [5.41, 5.74) is 1.23. The molecule has 1 aliphatic rings. The monoisotopic (exact) mass is 242 g/mol. The largest absolute Gasteiger partial charge is 0.342 e. The molecular weight excluding hydrogens is 228 g/mol. The third-order valence-corrected chi connectivity index (χ3v) is 2.87. The number of hydrogen-bond donors (Lipinski definition) is 1. The second-order valence-electron chi connectivity index (χ2n) is 4.06. The maximum atomic E-state index is 12.0. The Kier molecular flexibility index (Phi) is 3.58. The smallest absolute Gasteiger partial charge is 0.306 e. The number of carbonyl (C=O) groups excluding carboxylic acids is 1. The Morgan fingerprint density at radius 3 is 2.89 bits per heavy atom. The highest BCUT2D eigenvalue weighted by Crippen LogP contribution is 2.17. The van der Waals surface area contributed by atoms with E-state index >= 15 is 0 Å². The number of nitrogens with zero attached hydrogens (tertiary/aromatic N) is 3. The number of amides is 2. The molecule has 5 heteroatoms. The van der Waals surface area contributed by atoms with Crippen LogP contribution in [-0.2, 0) is 0 Å². The molecule has 1 unspecified atom stereocenters. The van der Waals surface area contributed by atoms with Crippen LogP contribution in [0.15, 0.2) is 29.4 Å². The van der Waals surface area contributed by atoms with Crippen LogP contribution in [0.4, 0.5) is 10.5 Å². The van der Waals surface area contributed by atoms with Gasteiger partial charge in [0.2, 0.25) is 0 Å². The SMILES string of the molecule is CCC1CC=NN1C(=O)Nc1ccc(C#N)cc1. The van der Waals surface area contributed by atoms with E-state index in [4.69, 9.17) is 5.26 Å². The average Bonchev–Trinajstić information content (AvgIpc) is 2.88. The van der Waals surface area contributed by atoms with Gasteiger partial charge in [0.05, 0.1) is 17.7 Å². The number of nitriles is 1. The number of benzene rings is 1. The Morgan fingerprint density at radius 1 is 1.56 bits per heavy atom. The van der Waals surface area contributed by atoms with E-state index in [0.717, 1.165) is 12.8 Å². The van der Waals surface area contributed by atoms with Crippen molar-refractivity contribution < 1.29 is 4.79 Å². The molecule has 5 nitrogen and oxygen atoms in total.